The fraction of sp³-hybridized carbons (Fsp3) is 0.600. The van der Waals surface area contributed by atoms with Crippen molar-refractivity contribution in [2.24, 2.45) is 0 Å². The first kappa shape index (κ1) is 10.1. The highest BCUT2D eigenvalue weighted by Crippen LogP contribution is 2.23. The number of hydrogen-bond donors (Lipinski definition) is 2. The highest BCUT2D eigenvalue weighted by Gasteiger charge is 2.19. The number of halogens is 1. The molecule has 0 saturated heterocycles. The van der Waals surface area contributed by atoms with Crippen LogP contribution in [0, 0.1) is 5.82 Å². The molecule has 0 aliphatic heterocycles. The molecule has 0 atom stereocenters. The standard InChI is InChI=1S/C10H15FN4/c1-2-12-10-13-6-8(11)9(15-10)14-7-4-3-5-7/h6-7H,2-5H2,1H3,(H2,12,13,14,15). The molecule has 82 valence electrons. The second-order valence-corrected chi connectivity index (χ2v) is 3.69. The Hall–Kier alpha value is -1.39. The van der Waals surface area contributed by atoms with E-state index in [1.165, 1.54) is 12.6 Å². The largest absolute Gasteiger partial charge is 0.365 e. The van der Waals surface area contributed by atoms with Crippen molar-refractivity contribution in [3.8, 4) is 0 Å². The van der Waals surface area contributed by atoms with E-state index < -0.39 is 0 Å². The van der Waals surface area contributed by atoms with Crippen LogP contribution < -0.4 is 10.6 Å². The zero-order valence-corrected chi connectivity index (χ0v) is 8.76. The normalized spacial score (nSPS) is 15.9. The molecule has 2 rings (SSSR count). The predicted octanol–water partition coefficient (Wildman–Crippen LogP) is 2.01. The van der Waals surface area contributed by atoms with Crippen LogP contribution in [0.15, 0.2) is 6.20 Å². The quantitative estimate of drug-likeness (QED) is 0.798. The van der Waals surface area contributed by atoms with Gasteiger partial charge in [0.2, 0.25) is 5.95 Å². The van der Waals surface area contributed by atoms with Crippen molar-refractivity contribution in [2.75, 3.05) is 17.2 Å². The number of hydrogen-bond acceptors (Lipinski definition) is 4. The fourth-order valence-electron chi connectivity index (χ4n) is 1.46. The van der Waals surface area contributed by atoms with Gasteiger partial charge in [0.05, 0.1) is 6.20 Å². The summed E-state index contributed by atoms with van der Waals surface area (Å²) < 4.78 is 13.3. The molecule has 15 heavy (non-hydrogen) atoms. The average Bonchev–Trinajstić information content (AvgIpc) is 2.16. The van der Waals surface area contributed by atoms with Crippen LogP contribution in [0.2, 0.25) is 0 Å². The molecule has 1 fully saturated rings. The van der Waals surface area contributed by atoms with E-state index in [0.29, 0.717) is 17.8 Å². The van der Waals surface area contributed by atoms with Crippen LogP contribution in [-0.2, 0) is 0 Å². The predicted molar refractivity (Wildman–Crippen MR) is 57.4 cm³/mol. The molecule has 1 aliphatic carbocycles. The highest BCUT2D eigenvalue weighted by atomic mass is 19.1. The van der Waals surface area contributed by atoms with Crippen molar-refractivity contribution in [3.05, 3.63) is 12.0 Å². The molecule has 1 aromatic rings. The van der Waals surface area contributed by atoms with Crippen LogP contribution in [0.3, 0.4) is 0 Å². The molecule has 0 unspecified atom stereocenters. The zero-order chi connectivity index (χ0) is 10.7. The highest BCUT2D eigenvalue weighted by molar-refractivity contribution is 5.42. The SMILES string of the molecule is CCNc1ncc(F)c(NC2CCC2)n1. The van der Waals surface area contributed by atoms with Gasteiger partial charge in [0, 0.05) is 12.6 Å². The lowest BCUT2D eigenvalue weighted by Gasteiger charge is -2.27. The average molecular weight is 210 g/mol. The number of aromatic nitrogens is 2. The second-order valence-electron chi connectivity index (χ2n) is 3.69. The third-order valence-electron chi connectivity index (χ3n) is 2.53. The Morgan fingerprint density at radius 1 is 1.53 bits per heavy atom. The van der Waals surface area contributed by atoms with E-state index in [1.54, 1.807) is 0 Å². The molecule has 1 aromatic heterocycles. The van der Waals surface area contributed by atoms with E-state index >= 15 is 0 Å². The van der Waals surface area contributed by atoms with Crippen LogP contribution in [0.5, 0.6) is 0 Å². The van der Waals surface area contributed by atoms with Crippen LogP contribution in [0.4, 0.5) is 16.2 Å². The number of rotatable bonds is 4. The molecular formula is C10H15FN4. The van der Waals surface area contributed by atoms with E-state index in [2.05, 4.69) is 20.6 Å². The molecule has 0 bridgehead atoms. The van der Waals surface area contributed by atoms with E-state index in [1.807, 2.05) is 6.92 Å². The molecule has 1 saturated carbocycles. The van der Waals surface area contributed by atoms with Crippen molar-refractivity contribution >= 4 is 11.8 Å². The summed E-state index contributed by atoms with van der Waals surface area (Å²) in [5.74, 6) is 0.398. The first-order valence-electron chi connectivity index (χ1n) is 5.32. The van der Waals surface area contributed by atoms with Crippen LogP contribution in [0.1, 0.15) is 26.2 Å². The number of nitrogens with one attached hydrogen (secondary N) is 2. The minimum absolute atomic E-state index is 0.311. The molecular weight excluding hydrogens is 195 g/mol. The summed E-state index contributed by atoms with van der Waals surface area (Å²) in [7, 11) is 0. The Morgan fingerprint density at radius 3 is 2.93 bits per heavy atom. The van der Waals surface area contributed by atoms with E-state index in [0.717, 1.165) is 19.4 Å². The van der Waals surface area contributed by atoms with Gasteiger partial charge in [-0.1, -0.05) is 0 Å². The van der Waals surface area contributed by atoms with Gasteiger partial charge >= 0.3 is 0 Å². The summed E-state index contributed by atoms with van der Waals surface area (Å²) in [6.45, 7) is 2.68. The minimum Gasteiger partial charge on any atom is -0.365 e. The van der Waals surface area contributed by atoms with Gasteiger partial charge in [0.1, 0.15) is 0 Å². The van der Waals surface area contributed by atoms with Crippen molar-refractivity contribution < 1.29 is 4.39 Å². The Balaban J connectivity index is 2.08. The maximum atomic E-state index is 13.3. The van der Waals surface area contributed by atoms with Crippen molar-refractivity contribution in [2.45, 2.75) is 32.2 Å². The van der Waals surface area contributed by atoms with Gasteiger partial charge in [-0.3, -0.25) is 0 Å². The lowest BCUT2D eigenvalue weighted by molar-refractivity contribution is 0.441. The van der Waals surface area contributed by atoms with Gasteiger partial charge < -0.3 is 10.6 Å². The molecule has 0 amide bonds. The van der Waals surface area contributed by atoms with Crippen molar-refractivity contribution in [3.63, 3.8) is 0 Å². The molecule has 0 aromatic carbocycles. The molecule has 0 spiro atoms. The lowest BCUT2D eigenvalue weighted by Crippen LogP contribution is -2.28. The summed E-state index contributed by atoms with van der Waals surface area (Å²) in [5, 5.41) is 6.03. The molecule has 4 nitrogen and oxygen atoms in total. The lowest BCUT2D eigenvalue weighted by atomic mass is 9.93. The third kappa shape index (κ3) is 2.34. The second kappa shape index (κ2) is 4.42. The van der Waals surface area contributed by atoms with Gasteiger partial charge in [-0.25, -0.2) is 9.37 Å². The summed E-state index contributed by atoms with van der Waals surface area (Å²) in [5.41, 5.74) is 0. The summed E-state index contributed by atoms with van der Waals surface area (Å²) >= 11 is 0. The molecule has 1 heterocycles. The Morgan fingerprint density at radius 2 is 2.33 bits per heavy atom. The van der Waals surface area contributed by atoms with Crippen LogP contribution >= 0.6 is 0 Å². The van der Waals surface area contributed by atoms with E-state index in [4.69, 9.17) is 0 Å². The maximum absolute atomic E-state index is 13.3. The van der Waals surface area contributed by atoms with Gasteiger partial charge in [0.15, 0.2) is 11.6 Å². The van der Waals surface area contributed by atoms with Crippen LogP contribution in [0.25, 0.3) is 0 Å². The topological polar surface area (TPSA) is 49.8 Å². The maximum Gasteiger partial charge on any atom is 0.224 e. The number of anilines is 2. The summed E-state index contributed by atoms with van der Waals surface area (Å²) in [4.78, 5) is 7.92. The van der Waals surface area contributed by atoms with Crippen molar-refractivity contribution in [1.82, 2.24) is 9.97 Å². The molecule has 0 radical (unpaired) electrons. The van der Waals surface area contributed by atoms with Gasteiger partial charge in [-0.05, 0) is 26.2 Å². The molecule has 2 N–H and O–H groups in total. The Labute approximate surface area is 88.3 Å². The Bertz CT molecular complexity index is 338. The van der Waals surface area contributed by atoms with E-state index in [-0.39, 0.29) is 5.82 Å². The monoisotopic (exact) mass is 210 g/mol. The van der Waals surface area contributed by atoms with Crippen LogP contribution in [-0.4, -0.2) is 22.6 Å². The third-order valence-corrected chi connectivity index (χ3v) is 2.53. The first-order chi connectivity index (χ1) is 7.29. The fourth-order valence-corrected chi connectivity index (χ4v) is 1.46. The molecule has 1 aliphatic rings. The smallest absolute Gasteiger partial charge is 0.224 e. The summed E-state index contributed by atoms with van der Waals surface area (Å²) in [6.07, 6.45) is 4.61. The first-order valence-corrected chi connectivity index (χ1v) is 5.32. The zero-order valence-electron chi connectivity index (χ0n) is 8.76. The van der Waals surface area contributed by atoms with Gasteiger partial charge in [0.25, 0.3) is 0 Å². The van der Waals surface area contributed by atoms with Gasteiger partial charge in [-0.2, -0.15) is 4.98 Å². The summed E-state index contributed by atoms with van der Waals surface area (Å²) in [6, 6.07) is 0.379. The van der Waals surface area contributed by atoms with Crippen molar-refractivity contribution in [1.29, 1.82) is 0 Å². The number of nitrogens with zero attached hydrogens (tertiary/aromatic N) is 2. The minimum atomic E-state index is -0.386. The Kier molecular flexibility index (Phi) is 2.99. The molecule has 5 heteroatoms. The van der Waals surface area contributed by atoms with Gasteiger partial charge in [-0.15, -0.1) is 0 Å². The van der Waals surface area contributed by atoms with E-state index in [9.17, 15) is 4.39 Å².